The van der Waals surface area contributed by atoms with Gasteiger partial charge in [-0.05, 0) is 6.42 Å². The van der Waals surface area contributed by atoms with Gasteiger partial charge in [-0.2, -0.15) is 8.42 Å². The molecule has 1 unspecified atom stereocenters. The lowest BCUT2D eigenvalue weighted by Crippen LogP contribution is -2.48. The van der Waals surface area contributed by atoms with Crippen molar-refractivity contribution in [3.63, 3.8) is 0 Å². The van der Waals surface area contributed by atoms with Crippen LogP contribution in [0.15, 0.2) is 0 Å². The van der Waals surface area contributed by atoms with E-state index >= 15 is 0 Å². The summed E-state index contributed by atoms with van der Waals surface area (Å²) in [5, 5.41) is 17.9. The van der Waals surface area contributed by atoms with Crippen LogP contribution in [0.5, 0.6) is 0 Å². The molecule has 0 aliphatic carbocycles. The minimum atomic E-state index is -5.09. The third-order valence-corrected chi connectivity index (χ3v) is 5.62. The zero-order chi connectivity index (χ0) is 19.3. The van der Waals surface area contributed by atoms with Crippen molar-refractivity contribution in [1.82, 2.24) is 0 Å². The minimum absolute atomic E-state index is 0.254. The summed E-state index contributed by atoms with van der Waals surface area (Å²) in [6.07, 6.45) is 7.02. The highest BCUT2D eigenvalue weighted by atomic mass is 32.2. The average Bonchev–Trinajstić information content (AvgIpc) is 2.49. The smallest absolute Gasteiger partial charge is 0.328 e. The molecule has 0 rings (SSSR count). The first-order chi connectivity index (χ1) is 11.7. The van der Waals surface area contributed by atoms with Crippen LogP contribution in [0.25, 0.3) is 0 Å². The Bertz CT molecular complexity index is 502. The van der Waals surface area contributed by atoms with Crippen LogP contribution in [-0.2, 0) is 24.4 Å². The van der Waals surface area contributed by atoms with E-state index in [1.807, 2.05) is 0 Å². The second-order valence-electron chi connectivity index (χ2n) is 6.18. The first-order valence-electron chi connectivity index (χ1n) is 8.67. The maximum absolute atomic E-state index is 11.4. The summed E-state index contributed by atoms with van der Waals surface area (Å²) >= 11 is 0. The highest BCUT2D eigenvalue weighted by Crippen LogP contribution is 2.26. The number of rotatable bonds is 16. The molecular formula is C16H30O8S. The van der Waals surface area contributed by atoms with Crippen molar-refractivity contribution in [1.29, 1.82) is 0 Å². The maximum Gasteiger partial charge on any atom is 0.328 e. The van der Waals surface area contributed by atoms with E-state index in [9.17, 15) is 22.6 Å². The lowest BCUT2D eigenvalue weighted by Gasteiger charge is -2.24. The highest BCUT2D eigenvalue weighted by Gasteiger charge is 2.52. The van der Waals surface area contributed by atoms with Gasteiger partial charge in [0.1, 0.15) is 0 Å². The van der Waals surface area contributed by atoms with Crippen LogP contribution in [0.2, 0.25) is 0 Å². The fourth-order valence-corrected chi connectivity index (χ4v) is 3.39. The van der Waals surface area contributed by atoms with E-state index in [1.54, 1.807) is 0 Å². The molecule has 0 aromatic carbocycles. The van der Waals surface area contributed by atoms with Crippen LogP contribution in [0, 0.1) is 0 Å². The number of aliphatic carboxylic acids is 2. The van der Waals surface area contributed by atoms with Gasteiger partial charge in [0.05, 0.1) is 6.42 Å². The van der Waals surface area contributed by atoms with Gasteiger partial charge in [-0.25, -0.2) is 0 Å². The Morgan fingerprint density at radius 2 is 1.44 bits per heavy atom. The quantitative estimate of drug-likeness (QED) is 0.273. The number of hydrogen-bond donors (Lipinski definition) is 3. The number of ether oxygens (including phenoxy) is 1. The summed E-state index contributed by atoms with van der Waals surface area (Å²) in [7, 11) is -5.09. The van der Waals surface area contributed by atoms with Crippen LogP contribution >= 0.6 is 0 Å². The molecule has 8 nitrogen and oxygen atoms in total. The zero-order valence-corrected chi connectivity index (χ0v) is 15.6. The lowest BCUT2D eigenvalue weighted by molar-refractivity contribution is -0.147. The fraction of sp³-hybridized carbons (Fsp3) is 0.875. The molecule has 0 bridgehead atoms. The molecule has 0 heterocycles. The van der Waals surface area contributed by atoms with E-state index in [1.165, 1.54) is 25.7 Å². The Morgan fingerprint density at radius 3 is 1.88 bits per heavy atom. The van der Waals surface area contributed by atoms with Crippen molar-refractivity contribution in [2.24, 2.45) is 0 Å². The largest absolute Gasteiger partial charge is 0.481 e. The van der Waals surface area contributed by atoms with Gasteiger partial charge < -0.3 is 14.9 Å². The summed E-state index contributed by atoms with van der Waals surface area (Å²) in [4.78, 5) is 22.0. The van der Waals surface area contributed by atoms with E-state index in [4.69, 9.17) is 14.9 Å². The summed E-state index contributed by atoms with van der Waals surface area (Å²) < 4.78 is 34.4. The van der Waals surface area contributed by atoms with Gasteiger partial charge >= 0.3 is 11.9 Å². The molecule has 0 amide bonds. The van der Waals surface area contributed by atoms with Gasteiger partial charge in [-0.15, -0.1) is 0 Å². The number of carbonyl (C=O) groups is 2. The molecule has 0 fully saturated rings. The zero-order valence-electron chi connectivity index (χ0n) is 14.8. The first-order valence-corrected chi connectivity index (χ1v) is 10.1. The Labute approximate surface area is 149 Å². The maximum atomic E-state index is 11.4. The molecule has 0 saturated heterocycles. The molecule has 0 radical (unpaired) electrons. The fourth-order valence-electron chi connectivity index (χ4n) is 2.52. The summed E-state index contributed by atoms with van der Waals surface area (Å²) in [5.41, 5.74) is 0. The topological polar surface area (TPSA) is 138 Å². The predicted molar refractivity (Wildman–Crippen MR) is 92.2 cm³/mol. The SMILES string of the molecule is CCCCCCCCCCOCCC(CC(=O)O)(C(=O)O)S(=O)(=O)O. The van der Waals surface area contributed by atoms with Gasteiger partial charge in [0.15, 0.2) is 0 Å². The Kier molecular flexibility index (Phi) is 11.6. The standard InChI is InChI=1S/C16H30O8S/c1-2-3-4-5-6-7-8-9-11-24-12-10-16(15(19)20,13-14(17)18)25(21,22)23/h2-13H2,1H3,(H,17,18)(H,19,20)(H,21,22,23). The van der Waals surface area contributed by atoms with Gasteiger partial charge in [0.25, 0.3) is 10.1 Å². The highest BCUT2D eigenvalue weighted by molar-refractivity contribution is 7.88. The van der Waals surface area contributed by atoms with Crippen molar-refractivity contribution in [3.8, 4) is 0 Å². The van der Waals surface area contributed by atoms with Crippen LogP contribution < -0.4 is 0 Å². The van der Waals surface area contributed by atoms with Crippen LogP contribution in [0.3, 0.4) is 0 Å². The van der Waals surface area contributed by atoms with Crippen LogP contribution in [-0.4, -0.2) is 53.1 Å². The van der Waals surface area contributed by atoms with E-state index in [2.05, 4.69) is 6.92 Å². The van der Waals surface area contributed by atoms with Crippen molar-refractivity contribution in [2.75, 3.05) is 13.2 Å². The molecule has 0 aromatic rings. The van der Waals surface area contributed by atoms with E-state index in [0.717, 1.165) is 25.7 Å². The Balaban J connectivity index is 4.16. The molecule has 0 aliphatic rings. The second kappa shape index (κ2) is 12.2. The molecule has 3 N–H and O–H groups in total. The molecule has 0 saturated carbocycles. The Hall–Kier alpha value is -1.19. The van der Waals surface area contributed by atoms with Gasteiger partial charge in [0, 0.05) is 19.6 Å². The normalized spacial score (nSPS) is 14.2. The first kappa shape index (κ1) is 23.8. The van der Waals surface area contributed by atoms with Crippen LogP contribution in [0.1, 0.15) is 71.1 Å². The molecular weight excluding hydrogens is 352 g/mol. The van der Waals surface area contributed by atoms with Crippen molar-refractivity contribution >= 4 is 22.1 Å². The number of unbranched alkanes of at least 4 members (excludes halogenated alkanes) is 7. The Morgan fingerprint density at radius 1 is 0.920 bits per heavy atom. The monoisotopic (exact) mass is 382 g/mol. The van der Waals surface area contributed by atoms with Crippen molar-refractivity contribution in [3.05, 3.63) is 0 Å². The van der Waals surface area contributed by atoms with Crippen molar-refractivity contribution < 1.29 is 37.5 Å². The second-order valence-corrected chi connectivity index (χ2v) is 7.91. The number of carboxylic acids is 2. The van der Waals surface area contributed by atoms with Gasteiger partial charge in [-0.1, -0.05) is 51.9 Å². The molecule has 0 aliphatic heterocycles. The summed E-state index contributed by atoms with van der Waals surface area (Å²) in [5.74, 6) is -3.52. The molecule has 148 valence electrons. The predicted octanol–water partition coefficient (Wildman–Crippen LogP) is 2.72. The van der Waals surface area contributed by atoms with Crippen LogP contribution in [0.4, 0.5) is 0 Å². The average molecular weight is 382 g/mol. The molecule has 0 spiro atoms. The van der Waals surface area contributed by atoms with Crippen molar-refractivity contribution in [2.45, 2.75) is 75.9 Å². The summed E-state index contributed by atoms with van der Waals surface area (Å²) in [6.45, 7) is 2.24. The third-order valence-electron chi connectivity index (χ3n) is 4.11. The van der Waals surface area contributed by atoms with E-state index in [-0.39, 0.29) is 6.61 Å². The minimum Gasteiger partial charge on any atom is -0.481 e. The number of hydrogen-bond acceptors (Lipinski definition) is 5. The lowest BCUT2D eigenvalue weighted by atomic mass is 10.0. The summed E-state index contributed by atoms with van der Waals surface area (Å²) in [6, 6.07) is 0. The molecule has 1 atom stereocenters. The van der Waals surface area contributed by atoms with E-state index < -0.39 is 39.6 Å². The molecule has 0 aromatic heterocycles. The van der Waals surface area contributed by atoms with E-state index in [0.29, 0.717) is 6.61 Å². The van der Waals surface area contributed by atoms with Gasteiger partial charge in [-0.3, -0.25) is 14.1 Å². The third kappa shape index (κ3) is 9.18. The van der Waals surface area contributed by atoms with Gasteiger partial charge in [0.2, 0.25) is 4.75 Å². The number of carboxylic acid groups (broad SMARTS) is 2. The molecule has 25 heavy (non-hydrogen) atoms. The molecule has 9 heteroatoms.